The number of carbonyl (C=O) groups is 2. The topological polar surface area (TPSA) is 57.6 Å². The number of rotatable bonds is 2. The van der Waals surface area contributed by atoms with E-state index in [1.54, 1.807) is 31.9 Å². The van der Waals surface area contributed by atoms with Crippen LogP contribution in [0.15, 0.2) is 18.2 Å². The minimum Gasteiger partial charge on any atom is -0.481 e. The predicted molar refractivity (Wildman–Crippen MR) is 62.9 cm³/mol. The molecule has 90 valence electrons. The monoisotopic (exact) mass is 233 g/mol. The average molecular weight is 233 g/mol. The molecule has 1 aromatic carbocycles. The van der Waals surface area contributed by atoms with Crippen LogP contribution in [0.3, 0.4) is 0 Å². The fraction of sp³-hybridized carbons (Fsp3) is 0.385. The van der Waals surface area contributed by atoms with Gasteiger partial charge < -0.3 is 10.0 Å². The number of carboxylic acid groups (broad SMARTS) is 1. The van der Waals surface area contributed by atoms with Crippen molar-refractivity contribution in [2.75, 3.05) is 7.05 Å². The van der Waals surface area contributed by atoms with Crippen molar-refractivity contribution < 1.29 is 14.7 Å². The van der Waals surface area contributed by atoms with Gasteiger partial charge in [0.15, 0.2) is 0 Å². The summed E-state index contributed by atoms with van der Waals surface area (Å²) in [5.74, 6) is -1.02. The molecule has 17 heavy (non-hydrogen) atoms. The van der Waals surface area contributed by atoms with Crippen LogP contribution < -0.4 is 0 Å². The molecule has 0 unspecified atom stereocenters. The first kappa shape index (κ1) is 11.6. The van der Waals surface area contributed by atoms with Gasteiger partial charge in [0, 0.05) is 19.2 Å². The molecule has 1 aromatic rings. The summed E-state index contributed by atoms with van der Waals surface area (Å²) in [5, 5.41) is 9.25. The lowest BCUT2D eigenvalue weighted by molar-refractivity contribution is -0.142. The second-order valence-electron chi connectivity index (χ2n) is 4.93. The largest absolute Gasteiger partial charge is 0.481 e. The fourth-order valence-corrected chi connectivity index (χ4v) is 2.14. The lowest BCUT2D eigenvalue weighted by Crippen LogP contribution is -2.31. The lowest BCUT2D eigenvalue weighted by Gasteiger charge is -2.22. The molecule has 0 aromatic heterocycles. The van der Waals surface area contributed by atoms with E-state index in [1.165, 1.54) is 0 Å². The van der Waals surface area contributed by atoms with Gasteiger partial charge in [0.1, 0.15) is 0 Å². The number of aliphatic carboxylic acids is 1. The summed E-state index contributed by atoms with van der Waals surface area (Å²) >= 11 is 0. The molecule has 4 heteroatoms. The zero-order valence-corrected chi connectivity index (χ0v) is 10.2. The van der Waals surface area contributed by atoms with Gasteiger partial charge in [-0.05, 0) is 25.0 Å². The van der Waals surface area contributed by atoms with E-state index in [0.29, 0.717) is 17.7 Å². The standard InChI is InChI=1S/C13H15NO3/c1-13(2,12(16)17)9-6-4-5-8-7-14(3)11(15)10(8)9/h4-6H,7H2,1-3H3,(H,16,17). The maximum absolute atomic E-state index is 12.0. The fourth-order valence-electron chi connectivity index (χ4n) is 2.14. The van der Waals surface area contributed by atoms with Gasteiger partial charge in [-0.3, -0.25) is 9.59 Å². The number of amides is 1. The Morgan fingerprint density at radius 3 is 2.65 bits per heavy atom. The number of nitrogens with zero attached hydrogens (tertiary/aromatic N) is 1. The highest BCUT2D eigenvalue weighted by Gasteiger charge is 2.37. The molecule has 0 fully saturated rings. The van der Waals surface area contributed by atoms with Crippen LogP contribution in [0.5, 0.6) is 0 Å². The molecule has 1 heterocycles. The second kappa shape index (κ2) is 3.58. The van der Waals surface area contributed by atoms with Crippen molar-refractivity contribution in [3.63, 3.8) is 0 Å². The lowest BCUT2D eigenvalue weighted by atomic mass is 9.81. The number of hydrogen-bond donors (Lipinski definition) is 1. The highest BCUT2D eigenvalue weighted by molar-refractivity contribution is 6.01. The molecule has 0 atom stereocenters. The van der Waals surface area contributed by atoms with E-state index in [2.05, 4.69) is 0 Å². The molecule has 0 saturated carbocycles. The smallest absolute Gasteiger partial charge is 0.313 e. The minimum atomic E-state index is -1.05. The first-order chi connectivity index (χ1) is 7.85. The first-order valence-electron chi connectivity index (χ1n) is 5.47. The number of carbonyl (C=O) groups excluding carboxylic acids is 1. The molecule has 1 aliphatic rings. The van der Waals surface area contributed by atoms with Gasteiger partial charge in [0.2, 0.25) is 0 Å². The molecule has 0 spiro atoms. The van der Waals surface area contributed by atoms with Gasteiger partial charge in [0.05, 0.1) is 5.41 Å². The first-order valence-corrected chi connectivity index (χ1v) is 5.47. The normalized spacial score (nSPS) is 15.0. The van der Waals surface area contributed by atoms with Gasteiger partial charge in [0.25, 0.3) is 5.91 Å². The van der Waals surface area contributed by atoms with Crippen LogP contribution in [0.4, 0.5) is 0 Å². The molecule has 0 saturated heterocycles. The van der Waals surface area contributed by atoms with Crippen LogP contribution >= 0.6 is 0 Å². The zero-order valence-electron chi connectivity index (χ0n) is 10.2. The van der Waals surface area contributed by atoms with Crippen molar-refractivity contribution in [3.05, 3.63) is 34.9 Å². The van der Waals surface area contributed by atoms with Gasteiger partial charge in [-0.15, -0.1) is 0 Å². The molecule has 1 amide bonds. The van der Waals surface area contributed by atoms with E-state index in [9.17, 15) is 14.7 Å². The van der Waals surface area contributed by atoms with Crippen LogP contribution in [-0.2, 0) is 16.8 Å². The second-order valence-corrected chi connectivity index (χ2v) is 4.93. The number of hydrogen-bond acceptors (Lipinski definition) is 2. The number of carboxylic acids is 1. The molecule has 0 bridgehead atoms. The van der Waals surface area contributed by atoms with Crippen LogP contribution in [0.25, 0.3) is 0 Å². The van der Waals surface area contributed by atoms with E-state index in [-0.39, 0.29) is 5.91 Å². The molecule has 0 aliphatic carbocycles. The van der Waals surface area contributed by atoms with Crippen molar-refractivity contribution in [1.29, 1.82) is 0 Å². The van der Waals surface area contributed by atoms with E-state index in [0.717, 1.165) is 5.56 Å². The third-order valence-corrected chi connectivity index (χ3v) is 3.33. The Kier molecular flexibility index (Phi) is 2.45. The summed E-state index contributed by atoms with van der Waals surface area (Å²) in [6.45, 7) is 3.80. The molecular weight excluding hydrogens is 218 g/mol. The van der Waals surface area contributed by atoms with Gasteiger partial charge >= 0.3 is 5.97 Å². The van der Waals surface area contributed by atoms with Gasteiger partial charge in [-0.2, -0.15) is 0 Å². The van der Waals surface area contributed by atoms with Crippen molar-refractivity contribution in [2.24, 2.45) is 0 Å². The van der Waals surface area contributed by atoms with Crippen molar-refractivity contribution >= 4 is 11.9 Å². The average Bonchev–Trinajstić information content (AvgIpc) is 2.54. The van der Waals surface area contributed by atoms with E-state index in [1.807, 2.05) is 12.1 Å². The third kappa shape index (κ3) is 1.60. The Labute approximate surface area is 99.9 Å². The van der Waals surface area contributed by atoms with Crippen molar-refractivity contribution in [2.45, 2.75) is 25.8 Å². The number of fused-ring (bicyclic) bond motifs is 1. The molecular formula is C13H15NO3. The Balaban J connectivity index is 2.64. The highest BCUT2D eigenvalue weighted by Crippen LogP contribution is 2.33. The van der Waals surface area contributed by atoms with E-state index < -0.39 is 11.4 Å². The van der Waals surface area contributed by atoms with E-state index >= 15 is 0 Å². The molecule has 1 aliphatic heterocycles. The third-order valence-electron chi connectivity index (χ3n) is 3.33. The van der Waals surface area contributed by atoms with Crippen LogP contribution in [-0.4, -0.2) is 28.9 Å². The SMILES string of the molecule is CN1Cc2cccc(C(C)(C)C(=O)O)c2C1=O. The van der Waals surface area contributed by atoms with Crippen LogP contribution in [0, 0.1) is 0 Å². The Hall–Kier alpha value is -1.84. The van der Waals surface area contributed by atoms with Gasteiger partial charge in [-0.25, -0.2) is 0 Å². The minimum absolute atomic E-state index is 0.0927. The van der Waals surface area contributed by atoms with Crippen LogP contribution in [0.1, 0.15) is 35.3 Å². The zero-order chi connectivity index (χ0) is 12.8. The van der Waals surface area contributed by atoms with Gasteiger partial charge in [-0.1, -0.05) is 18.2 Å². The van der Waals surface area contributed by atoms with E-state index in [4.69, 9.17) is 0 Å². The summed E-state index contributed by atoms with van der Waals surface area (Å²) in [6, 6.07) is 5.41. The van der Waals surface area contributed by atoms with Crippen LogP contribution in [0.2, 0.25) is 0 Å². The summed E-state index contributed by atoms with van der Waals surface area (Å²) < 4.78 is 0. The summed E-state index contributed by atoms with van der Waals surface area (Å²) in [5.41, 5.74) is 1.01. The number of benzene rings is 1. The van der Waals surface area contributed by atoms with Crippen molar-refractivity contribution in [1.82, 2.24) is 4.90 Å². The maximum atomic E-state index is 12.0. The molecule has 4 nitrogen and oxygen atoms in total. The quantitative estimate of drug-likeness (QED) is 0.844. The summed E-state index contributed by atoms with van der Waals surface area (Å²) in [4.78, 5) is 24.9. The Morgan fingerprint density at radius 1 is 1.41 bits per heavy atom. The maximum Gasteiger partial charge on any atom is 0.313 e. The van der Waals surface area contributed by atoms with Crippen molar-refractivity contribution in [3.8, 4) is 0 Å². The highest BCUT2D eigenvalue weighted by atomic mass is 16.4. The summed E-state index contributed by atoms with van der Waals surface area (Å²) in [7, 11) is 1.72. The molecule has 1 N–H and O–H groups in total. The molecule has 0 radical (unpaired) electrons. The summed E-state index contributed by atoms with van der Waals surface area (Å²) in [6.07, 6.45) is 0. The predicted octanol–water partition coefficient (Wildman–Crippen LogP) is 1.63. The Morgan fingerprint density at radius 2 is 2.06 bits per heavy atom. The molecule has 2 rings (SSSR count). The Bertz CT molecular complexity index is 505.